The summed E-state index contributed by atoms with van der Waals surface area (Å²) in [5.74, 6) is -0.719. The summed E-state index contributed by atoms with van der Waals surface area (Å²) in [5, 5.41) is 16.3. The minimum Gasteiger partial charge on any atom is -0.508 e. The molecule has 1 saturated heterocycles. The van der Waals surface area contributed by atoms with Gasteiger partial charge in [0.1, 0.15) is 11.8 Å². The van der Waals surface area contributed by atoms with Crippen molar-refractivity contribution in [3.8, 4) is 28.1 Å². The molecular formula is C23H20N4O4. The van der Waals surface area contributed by atoms with Crippen LogP contribution < -0.4 is 5.32 Å². The highest BCUT2D eigenvalue weighted by atomic mass is 16.3. The normalized spacial score (nSPS) is 18.3. The van der Waals surface area contributed by atoms with Crippen LogP contribution in [0.2, 0.25) is 0 Å². The lowest BCUT2D eigenvalue weighted by molar-refractivity contribution is -0.136. The molecule has 8 heteroatoms. The molecule has 3 heterocycles. The molecule has 2 aliphatic rings. The lowest BCUT2D eigenvalue weighted by atomic mass is 9.98. The third kappa shape index (κ3) is 3.16. The lowest BCUT2D eigenvalue weighted by Crippen LogP contribution is -2.52. The maximum atomic E-state index is 12.9. The molecule has 1 unspecified atom stereocenters. The van der Waals surface area contributed by atoms with E-state index in [4.69, 9.17) is 0 Å². The first-order chi connectivity index (χ1) is 14.9. The number of nitrogens with one attached hydrogen (secondary N) is 1. The number of rotatable bonds is 3. The van der Waals surface area contributed by atoms with Crippen LogP contribution in [0.4, 0.5) is 0 Å². The first-order valence-electron chi connectivity index (χ1n) is 10.0. The minimum atomic E-state index is -0.632. The number of piperidine rings is 1. The second-order valence-corrected chi connectivity index (χ2v) is 7.85. The van der Waals surface area contributed by atoms with E-state index in [9.17, 15) is 19.5 Å². The molecule has 2 N–H and O–H groups in total. The Balaban J connectivity index is 1.49. The highest BCUT2D eigenvalue weighted by Gasteiger charge is 2.39. The first-order valence-corrected chi connectivity index (χ1v) is 10.0. The van der Waals surface area contributed by atoms with Crippen LogP contribution in [0.1, 0.15) is 28.8 Å². The Morgan fingerprint density at radius 1 is 1.03 bits per heavy atom. The van der Waals surface area contributed by atoms with Crippen LogP contribution in [0.25, 0.3) is 22.4 Å². The molecule has 0 radical (unpaired) electrons. The van der Waals surface area contributed by atoms with Gasteiger partial charge in [-0.2, -0.15) is 5.10 Å². The predicted molar refractivity (Wildman–Crippen MR) is 112 cm³/mol. The number of nitrogens with zero attached hydrogens (tertiary/aromatic N) is 3. The van der Waals surface area contributed by atoms with Gasteiger partial charge in [0.15, 0.2) is 0 Å². The van der Waals surface area contributed by atoms with Gasteiger partial charge in [0, 0.05) is 36.7 Å². The number of benzene rings is 2. The van der Waals surface area contributed by atoms with E-state index >= 15 is 0 Å². The van der Waals surface area contributed by atoms with Gasteiger partial charge in [0.2, 0.25) is 11.8 Å². The Labute approximate surface area is 178 Å². The minimum absolute atomic E-state index is 0.192. The van der Waals surface area contributed by atoms with Crippen LogP contribution in [0, 0.1) is 0 Å². The second kappa shape index (κ2) is 7.09. The maximum Gasteiger partial charge on any atom is 0.255 e. The van der Waals surface area contributed by atoms with Crippen molar-refractivity contribution < 1.29 is 19.5 Å². The van der Waals surface area contributed by atoms with Gasteiger partial charge in [-0.1, -0.05) is 6.07 Å². The van der Waals surface area contributed by atoms with Gasteiger partial charge >= 0.3 is 0 Å². The lowest BCUT2D eigenvalue weighted by Gasteiger charge is -2.29. The third-order valence-electron chi connectivity index (χ3n) is 5.91. The van der Waals surface area contributed by atoms with E-state index in [0.717, 1.165) is 27.9 Å². The Kier molecular flexibility index (Phi) is 4.35. The first kappa shape index (κ1) is 19.0. The van der Waals surface area contributed by atoms with Crippen LogP contribution in [0.5, 0.6) is 5.75 Å². The summed E-state index contributed by atoms with van der Waals surface area (Å²) >= 11 is 0. The van der Waals surface area contributed by atoms with Crippen molar-refractivity contribution in [1.82, 2.24) is 20.0 Å². The third-order valence-corrected chi connectivity index (χ3v) is 5.91. The van der Waals surface area contributed by atoms with Gasteiger partial charge in [-0.05, 0) is 53.9 Å². The summed E-state index contributed by atoms with van der Waals surface area (Å²) < 4.78 is 1.77. The molecule has 1 aromatic heterocycles. The molecule has 3 aromatic rings. The van der Waals surface area contributed by atoms with Gasteiger partial charge in [-0.25, -0.2) is 0 Å². The SMILES string of the molecule is Cn1ncc(-c2ccc3c(c2)CN(C2CCC(=O)NC2=O)C3=O)c1-c1ccc(O)cc1. The Morgan fingerprint density at radius 2 is 1.77 bits per heavy atom. The van der Waals surface area contributed by atoms with Crippen LogP contribution in [-0.4, -0.2) is 43.6 Å². The summed E-state index contributed by atoms with van der Waals surface area (Å²) in [6.07, 6.45) is 2.34. The fraction of sp³-hybridized carbons (Fsp3) is 0.217. The van der Waals surface area contributed by atoms with Crippen molar-refractivity contribution >= 4 is 17.7 Å². The number of aryl methyl sites for hydroxylation is 1. The van der Waals surface area contributed by atoms with E-state index in [1.165, 1.54) is 0 Å². The number of amides is 3. The molecule has 1 atom stereocenters. The van der Waals surface area contributed by atoms with Crippen molar-refractivity contribution in [3.63, 3.8) is 0 Å². The molecule has 5 rings (SSSR count). The number of phenols is 1. The molecule has 3 amide bonds. The van der Waals surface area contributed by atoms with E-state index in [0.29, 0.717) is 18.5 Å². The molecule has 2 aliphatic heterocycles. The standard InChI is InChI=1S/C23H20N4O4/c1-26-21(13-2-5-16(28)6-3-13)18(11-24-26)14-4-7-17-15(10-14)12-27(23(17)31)19-8-9-20(29)25-22(19)30/h2-7,10-11,19,28H,8-9,12H2,1H3,(H,25,29,30). The van der Waals surface area contributed by atoms with Crippen LogP contribution >= 0.6 is 0 Å². The van der Waals surface area contributed by atoms with Gasteiger partial charge < -0.3 is 10.0 Å². The number of hydrogen-bond donors (Lipinski definition) is 2. The van der Waals surface area contributed by atoms with Crippen LogP contribution in [0.3, 0.4) is 0 Å². The van der Waals surface area contributed by atoms with Crippen molar-refractivity contribution in [2.24, 2.45) is 7.05 Å². The maximum absolute atomic E-state index is 12.9. The molecule has 0 spiro atoms. The number of aromatic hydroxyl groups is 1. The van der Waals surface area contributed by atoms with E-state index in [2.05, 4.69) is 10.4 Å². The van der Waals surface area contributed by atoms with Gasteiger partial charge in [-0.3, -0.25) is 24.4 Å². The summed E-state index contributed by atoms with van der Waals surface area (Å²) in [5.41, 5.74) is 5.04. The monoisotopic (exact) mass is 416 g/mol. The number of aromatic nitrogens is 2. The molecule has 1 fully saturated rings. The highest BCUT2D eigenvalue weighted by molar-refractivity contribution is 6.05. The molecule has 0 bridgehead atoms. The van der Waals surface area contributed by atoms with E-state index in [1.54, 1.807) is 34.0 Å². The Bertz CT molecular complexity index is 1230. The molecule has 31 heavy (non-hydrogen) atoms. The summed E-state index contributed by atoms with van der Waals surface area (Å²) in [6, 6.07) is 11.9. The number of fused-ring (bicyclic) bond motifs is 1. The zero-order valence-electron chi connectivity index (χ0n) is 16.8. The number of carbonyl (C=O) groups is 3. The number of hydrogen-bond acceptors (Lipinski definition) is 5. The topological polar surface area (TPSA) is 105 Å². The van der Waals surface area contributed by atoms with Crippen molar-refractivity contribution in [3.05, 3.63) is 59.8 Å². The average molecular weight is 416 g/mol. The van der Waals surface area contributed by atoms with E-state index in [-0.39, 0.29) is 24.0 Å². The fourth-order valence-corrected chi connectivity index (χ4v) is 4.35. The summed E-state index contributed by atoms with van der Waals surface area (Å²) in [4.78, 5) is 38.2. The molecule has 0 saturated carbocycles. The quantitative estimate of drug-likeness (QED) is 0.637. The number of carbonyl (C=O) groups excluding carboxylic acids is 3. The smallest absolute Gasteiger partial charge is 0.255 e. The summed E-state index contributed by atoms with van der Waals surface area (Å²) in [6.45, 7) is 0.323. The van der Waals surface area contributed by atoms with Crippen molar-refractivity contribution in [1.29, 1.82) is 0 Å². The molecule has 0 aliphatic carbocycles. The molecule has 2 aromatic carbocycles. The van der Waals surface area contributed by atoms with Gasteiger partial charge in [-0.15, -0.1) is 0 Å². The van der Waals surface area contributed by atoms with Crippen molar-refractivity contribution in [2.45, 2.75) is 25.4 Å². The number of phenolic OH excluding ortho intramolecular Hbond substituents is 1. The van der Waals surface area contributed by atoms with Gasteiger partial charge in [0.25, 0.3) is 5.91 Å². The van der Waals surface area contributed by atoms with Crippen molar-refractivity contribution in [2.75, 3.05) is 0 Å². The summed E-state index contributed by atoms with van der Waals surface area (Å²) in [7, 11) is 1.85. The largest absolute Gasteiger partial charge is 0.508 e. The van der Waals surface area contributed by atoms with Crippen LogP contribution in [-0.2, 0) is 23.2 Å². The molecule has 156 valence electrons. The van der Waals surface area contributed by atoms with E-state index in [1.807, 2.05) is 31.3 Å². The zero-order chi connectivity index (χ0) is 21.7. The van der Waals surface area contributed by atoms with E-state index < -0.39 is 11.9 Å². The molecular weight excluding hydrogens is 396 g/mol. The number of imide groups is 1. The predicted octanol–water partition coefficient (Wildman–Crippen LogP) is 2.22. The molecule has 8 nitrogen and oxygen atoms in total. The van der Waals surface area contributed by atoms with Crippen LogP contribution in [0.15, 0.2) is 48.7 Å². The Hall–Kier alpha value is -3.94. The zero-order valence-corrected chi connectivity index (χ0v) is 16.8. The second-order valence-electron chi connectivity index (χ2n) is 7.85. The highest BCUT2D eigenvalue weighted by Crippen LogP contribution is 2.36. The Morgan fingerprint density at radius 3 is 2.52 bits per heavy atom. The average Bonchev–Trinajstić information content (AvgIpc) is 3.28. The van der Waals surface area contributed by atoms with Gasteiger partial charge in [0.05, 0.1) is 11.9 Å². The fourth-order valence-electron chi connectivity index (χ4n) is 4.35.